The van der Waals surface area contributed by atoms with Gasteiger partial charge in [-0.15, -0.1) is 0 Å². The van der Waals surface area contributed by atoms with Gasteiger partial charge >= 0.3 is 5.97 Å². The Bertz CT molecular complexity index is 896. The average molecular weight is 329 g/mol. The van der Waals surface area contributed by atoms with E-state index in [0.29, 0.717) is 33.0 Å². The second-order valence-electron chi connectivity index (χ2n) is 4.84. The van der Waals surface area contributed by atoms with Crippen LogP contribution in [0.3, 0.4) is 0 Å². The van der Waals surface area contributed by atoms with E-state index >= 15 is 0 Å². The first-order valence-electron chi connectivity index (χ1n) is 6.81. The lowest BCUT2D eigenvalue weighted by molar-refractivity contribution is 0.0697. The smallest absolute Gasteiger partial charge is 0.339 e. The fraction of sp³-hybridized carbons (Fsp3) is 0.0588. The number of pyridine rings is 1. The van der Waals surface area contributed by atoms with E-state index in [-0.39, 0.29) is 5.56 Å². The zero-order valence-corrected chi connectivity index (χ0v) is 13.0. The Hall–Kier alpha value is -2.79. The topological polar surface area (TPSA) is 71.5 Å². The Morgan fingerprint density at radius 3 is 2.74 bits per heavy atom. The molecule has 2 N–H and O–H groups in total. The number of aromatic carboxylic acids is 1. The van der Waals surface area contributed by atoms with Crippen LogP contribution < -0.4 is 10.1 Å². The van der Waals surface area contributed by atoms with Crippen molar-refractivity contribution in [3.05, 3.63) is 59.2 Å². The summed E-state index contributed by atoms with van der Waals surface area (Å²) >= 11 is 6.17. The van der Waals surface area contributed by atoms with E-state index in [1.807, 2.05) is 6.07 Å². The first kappa shape index (κ1) is 15.1. The van der Waals surface area contributed by atoms with Crippen molar-refractivity contribution in [3.63, 3.8) is 0 Å². The molecule has 0 unspecified atom stereocenters. The Morgan fingerprint density at radius 2 is 2.04 bits per heavy atom. The van der Waals surface area contributed by atoms with Gasteiger partial charge in [0.15, 0.2) is 0 Å². The normalized spacial score (nSPS) is 10.5. The van der Waals surface area contributed by atoms with Gasteiger partial charge in [0, 0.05) is 11.6 Å². The van der Waals surface area contributed by atoms with Gasteiger partial charge in [-0.05, 0) is 30.3 Å². The summed E-state index contributed by atoms with van der Waals surface area (Å²) in [5.41, 5.74) is 1.76. The highest BCUT2D eigenvalue weighted by atomic mass is 35.5. The minimum atomic E-state index is -1.07. The number of carboxylic acid groups (broad SMARTS) is 1. The number of nitrogens with one attached hydrogen (secondary N) is 1. The van der Waals surface area contributed by atoms with E-state index in [1.54, 1.807) is 43.5 Å². The number of hydrogen-bond donors (Lipinski definition) is 2. The van der Waals surface area contributed by atoms with Crippen LogP contribution in [0, 0.1) is 0 Å². The number of benzene rings is 2. The average Bonchev–Trinajstić information content (AvgIpc) is 2.56. The molecule has 0 aliphatic rings. The molecule has 3 aromatic rings. The van der Waals surface area contributed by atoms with E-state index in [2.05, 4.69) is 10.3 Å². The van der Waals surface area contributed by atoms with E-state index in [4.69, 9.17) is 16.3 Å². The van der Waals surface area contributed by atoms with Crippen molar-refractivity contribution < 1.29 is 14.6 Å². The number of anilines is 2. The van der Waals surface area contributed by atoms with Gasteiger partial charge in [-0.1, -0.05) is 23.7 Å². The maximum atomic E-state index is 11.6. The lowest BCUT2D eigenvalue weighted by atomic mass is 10.1. The first-order valence-corrected chi connectivity index (χ1v) is 7.19. The molecular weight excluding hydrogens is 316 g/mol. The minimum Gasteiger partial charge on any atom is -0.497 e. The molecule has 116 valence electrons. The Morgan fingerprint density at radius 1 is 1.26 bits per heavy atom. The lowest BCUT2D eigenvalue weighted by Gasteiger charge is -2.14. The van der Waals surface area contributed by atoms with Gasteiger partial charge in [-0.2, -0.15) is 0 Å². The van der Waals surface area contributed by atoms with Gasteiger partial charge in [-0.25, -0.2) is 4.79 Å². The Labute approximate surface area is 137 Å². The van der Waals surface area contributed by atoms with Crippen molar-refractivity contribution in [2.75, 3.05) is 12.4 Å². The number of aromatic nitrogens is 1. The molecule has 0 fully saturated rings. The van der Waals surface area contributed by atoms with E-state index in [1.165, 1.54) is 6.20 Å². The van der Waals surface area contributed by atoms with Crippen LogP contribution in [0.25, 0.3) is 10.9 Å². The van der Waals surface area contributed by atoms with Crippen LogP contribution in [0.5, 0.6) is 5.75 Å². The summed E-state index contributed by atoms with van der Waals surface area (Å²) in [5.74, 6) is -0.458. The van der Waals surface area contributed by atoms with E-state index < -0.39 is 5.97 Å². The molecule has 0 spiro atoms. The molecule has 2 aromatic carbocycles. The number of rotatable bonds is 4. The summed E-state index contributed by atoms with van der Waals surface area (Å²) < 4.78 is 5.22. The van der Waals surface area contributed by atoms with Gasteiger partial charge in [0.2, 0.25) is 0 Å². The highest BCUT2D eigenvalue weighted by Gasteiger charge is 2.16. The van der Waals surface area contributed by atoms with Crippen LogP contribution in [0.2, 0.25) is 5.02 Å². The quantitative estimate of drug-likeness (QED) is 0.745. The predicted molar refractivity (Wildman–Crippen MR) is 90.0 cm³/mol. The summed E-state index contributed by atoms with van der Waals surface area (Å²) in [7, 11) is 1.55. The number of ether oxygens (including phenoxy) is 1. The fourth-order valence-electron chi connectivity index (χ4n) is 2.29. The number of hydrogen-bond acceptors (Lipinski definition) is 4. The lowest BCUT2D eigenvalue weighted by Crippen LogP contribution is -2.05. The number of methoxy groups -OCH3 is 1. The molecule has 0 aliphatic carbocycles. The summed E-state index contributed by atoms with van der Waals surface area (Å²) in [5, 5.41) is 13.7. The Balaban J connectivity index is 2.24. The molecule has 0 atom stereocenters. The summed E-state index contributed by atoms with van der Waals surface area (Å²) in [6.45, 7) is 0. The van der Waals surface area contributed by atoms with Crippen LogP contribution in [0.4, 0.5) is 11.4 Å². The third-order valence-corrected chi connectivity index (χ3v) is 3.77. The second-order valence-corrected chi connectivity index (χ2v) is 5.25. The van der Waals surface area contributed by atoms with Gasteiger partial charge in [-0.3, -0.25) is 4.98 Å². The molecule has 0 saturated heterocycles. The molecule has 0 amide bonds. The second kappa shape index (κ2) is 6.14. The molecule has 5 nitrogen and oxygen atoms in total. The van der Waals surface area contributed by atoms with Crippen LogP contribution in [0.15, 0.2) is 48.7 Å². The van der Waals surface area contributed by atoms with Gasteiger partial charge in [0.05, 0.1) is 29.0 Å². The minimum absolute atomic E-state index is 0.0608. The number of halogens is 1. The Kier molecular flexibility index (Phi) is 4.04. The zero-order valence-electron chi connectivity index (χ0n) is 12.2. The number of para-hydroxylation sites is 1. The fourth-order valence-corrected chi connectivity index (χ4v) is 2.48. The third kappa shape index (κ3) is 2.91. The molecule has 0 radical (unpaired) electrons. The third-order valence-electron chi connectivity index (χ3n) is 3.44. The van der Waals surface area contributed by atoms with E-state index in [9.17, 15) is 9.90 Å². The SMILES string of the molecule is COc1ccc2ncc(C(=O)O)c(Nc3ccccc3Cl)c2c1. The number of carbonyl (C=O) groups is 1. The summed E-state index contributed by atoms with van der Waals surface area (Å²) in [4.78, 5) is 15.7. The molecule has 0 aliphatic heterocycles. The monoisotopic (exact) mass is 328 g/mol. The summed E-state index contributed by atoms with van der Waals surface area (Å²) in [6, 6.07) is 12.4. The molecule has 1 aromatic heterocycles. The standard InChI is InChI=1S/C17H13ClN2O3/c1-23-10-6-7-14-11(8-10)16(12(9-19-14)17(21)22)20-15-5-3-2-4-13(15)18/h2-9H,1H3,(H,19,20)(H,21,22). The molecule has 0 saturated carbocycles. The number of nitrogens with zero attached hydrogens (tertiary/aromatic N) is 1. The van der Waals surface area contributed by atoms with Gasteiger partial charge in [0.25, 0.3) is 0 Å². The van der Waals surface area contributed by atoms with Crippen molar-refractivity contribution >= 4 is 39.8 Å². The highest BCUT2D eigenvalue weighted by Crippen LogP contribution is 2.33. The molecule has 6 heteroatoms. The zero-order chi connectivity index (χ0) is 16.4. The van der Waals surface area contributed by atoms with Crippen molar-refractivity contribution in [1.29, 1.82) is 0 Å². The van der Waals surface area contributed by atoms with Crippen molar-refractivity contribution in [1.82, 2.24) is 4.98 Å². The summed E-state index contributed by atoms with van der Waals surface area (Å²) in [6.07, 6.45) is 1.33. The van der Waals surface area contributed by atoms with Gasteiger partial charge in [0.1, 0.15) is 11.3 Å². The first-order chi connectivity index (χ1) is 11.1. The predicted octanol–water partition coefficient (Wildman–Crippen LogP) is 4.34. The van der Waals surface area contributed by atoms with Crippen molar-refractivity contribution in [3.8, 4) is 5.75 Å². The van der Waals surface area contributed by atoms with Crippen LogP contribution in [-0.2, 0) is 0 Å². The van der Waals surface area contributed by atoms with Crippen LogP contribution in [0.1, 0.15) is 10.4 Å². The molecular formula is C17H13ClN2O3. The van der Waals surface area contributed by atoms with Gasteiger partial charge < -0.3 is 15.2 Å². The molecule has 0 bridgehead atoms. The van der Waals surface area contributed by atoms with Crippen LogP contribution in [-0.4, -0.2) is 23.2 Å². The van der Waals surface area contributed by atoms with E-state index in [0.717, 1.165) is 0 Å². The molecule has 1 heterocycles. The molecule has 3 rings (SSSR count). The molecule has 23 heavy (non-hydrogen) atoms. The number of carboxylic acids is 1. The highest BCUT2D eigenvalue weighted by molar-refractivity contribution is 6.33. The number of fused-ring (bicyclic) bond motifs is 1. The maximum absolute atomic E-state index is 11.6. The van der Waals surface area contributed by atoms with Crippen molar-refractivity contribution in [2.24, 2.45) is 0 Å². The largest absolute Gasteiger partial charge is 0.497 e. The maximum Gasteiger partial charge on any atom is 0.339 e. The van der Waals surface area contributed by atoms with Crippen LogP contribution >= 0.6 is 11.6 Å². The van der Waals surface area contributed by atoms with Crippen molar-refractivity contribution in [2.45, 2.75) is 0 Å².